The fraction of sp³-hybridized carbons (Fsp3) is 0.500. The van der Waals surface area contributed by atoms with Crippen LogP contribution in [0.4, 0.5) is 0 Å². The third-order valence-electron chi connectivity index (χ3n) is 5.91. The molecule has 2 heteroatoms. The second-order valence-electron chi connectivity index (χ2n) is 6.63. The van der Waals surface area contributed by atoms with Crippen molar-refractivity contribution in [2.45, 2.75) is 49.1 Å². The maximum atomic E-state index is 2.73. The highest BCUT2D eigenvalue weighted by molar-refractivity contribution is 7.43. The van der Waals surface area contributed by atoms with Gasteiger partial charge in [0.1, 0.15) is 0 Å². The van der Waals surface area contributed by atoms with Crippen molar-refractivity contribution in [1.29, 1.82) is 0 Å². The molecule has 1 heterocycles. The normalized spacial score (nSPS) is 40.1. The van der Waals surface area contributed by atoms with Gasteiger partial charge in [-0.15, -0.1) is 0 Å². The summed E-state index contributed by atoms with van der Waals surface area (Å²) in [4.78, 5) is 0. The van der Waals surface area contributed by atoms with E-state index in [4.69, 9.17) is 0 Å². The molecule has 2 aliphatic carbocycles. The lowest BCUT2D eigenvalue weighted by molar-refractivity contribution is 0.823. The van der Waals surface area contributed by atoms with Crippen molar-refractivity contribution in [3.05, 3.63) is 48.6 Å². The van der Waals surface area contributed by atoms with Crippen molar-refractivity contribution >= 4 is 15.2 Å². The van der Waals surface area contributed by atoms with Gasteiger partial charge in [-0.1, -0.05) is 86.6 Å². The number of rotatable bonds is 2. The largest absolute Gasteiger partial charge is 0.0806 e. The predicted molar refractivity (Wildman–Crippen MR) is 86.1 cm³/mol. The molecule has 2 atom stereocenters. The van der Waals surface area contributed by atoms with Crippen LogP contribution in [-0.2, 0) is 0 Å². The van der Waals surface area contributed by atoms with Crippen LogP contribution in [0.2, 0.25) is 36.3 Å². The Morgan fingerprint density at radius 3 is 1.33 bits per heavy atom. The minimum Gasteiger partial charge on any atom is -0.0806 e. The van der Waals surface area contributed by atoms with Crippen LogP contribution in [0.25, 0.3) is 0 Å². The first kappa shape index (κ1) is 12.4. The molecule has 0 amide bonds. The molecule has 0 N–H and O–H groups in total. The summed E-state index contributed by atoms with van der Waals surface area (Å²) >= 11 is 0. The van der Waals surface area contributed by atoms with Gasteiger partial charge in [0.25, 0.3) is 0 Å². The summed E-state index contributed by atoms with van der Waals surface area (Å²) in [7, 11) is -2.32. The molecule has 18 heavy (non-hydrogen) atoms. The Kier molecular flexibility index (Phi) is 3.10. The van der Waals surface area contributed by atoms with Crippen LogP contribution in [0.1, 0.15) is 12.8 Å². The van der Waals surface area contributed by atoms with Gasteiger partial charge in [0.05, 0.1) is 15.2 Å². The van der Waals surface area contributed by atoms with Gasteiger partial charge in [0, 0.05) is 0 Å². The Bertz CT molecular complexity index is 380. The van der Waals surface area contributed by atoms with Crippen LogP contribution in [0.5, 0.6) is 0 Å². The standard InChI is InChI=1S/C16H24Si2/c1-17(15-9-3-4-10-15)13-7-8-14-18(17,2)16-11-5-6-12-16/h3-6,9-12,15-16H,7-8,13-14H2,1-2H3/t17-,18-/m1/s1. The molecule has 1 saturated heterocycles. The van der Waals surface area contributed by atoms with Gasteiger partial charge in [0.15, 0.2) is 0 Å². The van der Waals surface area contributed by atoms with E-state index in [1.165, 1.54) is 12.8 Å². The smallest absolute Gasteiger partial charge is 0.0572 e. The van der Waals surface area contributed by atoms with Gasteiger partial charge in [-0.3, -0.25) is 0 Å². The van der Waals surface area contributed by atoms with Gasteiger partial charge in [0.2, 0.25) is 0 Å². The van der Waals surface area contributed by atoms with E-state index in [-0.39, 0.29) is 0 Å². The summed E-state index contributed by atoms with van der Waals surface area (Å²) in [5.41, 5.74) is 1.66. The summed E-state index contributed by atoms with van der Waals surface area (Å²) in [6.45, 7) is 5.45. The minimum absolute atomic E-state index is 0.830. The predicted octanol–water partition coefficient (Wildman–Crippen LogP) is 5.01. The average Bonchev–Trinajstić information content (AvgIpc) is 3.05. The zero-order valence-corrected chi connectivity index (χ0v) is 13.6. The molecule has 96 valence electrons. The third-order valence-corrected chi connectivity index (χ3v) is 26.3. The van der Waals surface area contributed by atoms with E-state index in [1.807, 2.05) is 0 Å². The molecule has 0 bridgehead atoms. The van der Waals surface area contributed by atoms with Gasteiger partial charge < -0.3 is 0 Å². The molecule has 3 rings (SSSR count). The Labute approximate surface area is 113 Å². The topological polar surface area (TPSA) is 0 Å². The lowest BCUT2D eigenvalue weighted by atomic mass is 10.4. The Hall–Kier alpha value is -0.606. The average molecular weight is 273 g/mol. The summed E-state index contributed by atoms with van der Waals surface area (Å²) in [6.07, 6.45) is 22.1. The van der Waals surface area contributed by atoms with Crippen LogP contribution in [-0.4, -0.2) is 15.2 Å². The molecule has 0 aromatic carbocycles. The first-order valence-electron chi connectivity index (χ1n) is 7.37. The summed E-state index contributed by atoms with van der Waals surface area (Å²) < 4.78 is 0. The second-order valence-corrected chi connectivity index (χ2v) is 21.5. The van der Waals surface area contributed by atoms with Crippen LogP contribution in [0.15, 0.2) is 48.6 Å². The zero-order valence-electron chi connectivity index (χ0n) is 11.6. The summed E-state index contributed by atoms with van der Waals surface area (Å²) in [5.74, 6) is 0. The quantitative estimate of drug-likeness (QED) is 0.620. The van der Waals surface area contributed by atoms with Crippen LogP contribution in [0, 0.1) is 0 Å². The summed E-state index contributed by atoms with van der Waals surface area (Å²) in [6, 6.07) is 3.13. The van der Waals surface area contributed by atoms with Crippen molar-refractivity contribution in [2.24, 2.45) is 0 Å². The first-order chi connectivity index (χ1) is 8.67. The van der Waals surface area contributed by atoms with Gasteiger partial charge >= 0.3 is 0 Å². The van der Waals surface area contributed by atoms with E-state index in [9.17, 15) is 0 Å². The molecule has 0 unspecified atom stereocenters. The van der Waals surface area contributed by atoms with Crippen molar-refractivity contribution < 1.29 is 0 Å². The van der Waals surface area contributed by atoms with Gasteiger partial charge in [-0.2, -0.15) is 0 Å². The van der Waals surface area contributed by atoms with E-state index in [1.54, 1.807) is 12.1 Å². The zero-order chi connectivity index (χ0) is 12.6. The Balaban J connectivity index is 1.98. The van der Waals surface area contributed by atoms with E-state index in [0.717, 1.165) is 11.1 Å². The van der Waals surface area contributed by atoms with E-state index >= 15 is 0 Å². The highest BCUT2D eigenvalue weighted by Crippen LogP contribution is 2.51. The molecule has 0 aromatic heterocycles. The summed E-state index contributed by atoms with van der Waals surface area (Å²) in [5, 5.41) is 0. The van der Waals surface area contributed by atoms with E-state index in [0.29, 0.717) is 0 Å². The second kappa shape index (κ2) is 4.50. The minimum atomic E-state index is -1.16. The molecule has 0 aromatic rings. The SMILES string of the molecule is C[Si@]1(C2C=CC=C2)CCCC[Si@]1(C)C1C=CC=C1. The number of hydrogen-bond acceptors (Lipinski definition) is 0. The van der Waals surface area contributed by atoms with Gasteiger partial charge in [-0.25, -0.2) is 0 Å². The van der Waals surface area contributed by atoms with Crippen LogP contribution < -0.4 is 0 Å². The van der Waals surface area contributed by atoms with E-state index in [2.05, 4.69) is 61.7 Å². The van der Waals surface area contributed by atoms with Crippen molar-refractivity contribution in [3.63, 3.8) is 0 Å². The molecular weight excluding hydrogens is 248 g/mol. The van der Waals surface area contributed by atoms with E-state index < -0.39 is 15.2 Å². The molecule has 0 radical (unpaired) electrons. The molecule has 3 aliphatic rings. The van der Waals surface area contributed by atoms with Crippen molar-refractivity contribution in [3.8, 4) is 0 Å². The molecule has 1 aliphatic heterocycles. The Morgan fingerprint density at radius 2 is 1.00 bits per heavy atom. The van der Waals surface area contributed by atoms with Crippen LogP contribution in [0.3, 0.4) is 0 Å². The molecular formula is C16H24Si2. The molecule has 0 nitrogen and oxygen atoms in total. The number of hydrogen-bond donors (Lipinski definition) is 0. The maximum absolute atomic E-state index is 2.73. The van der Waals surface area contributed by atoms with Crippen molar-refractivity contribution in [1.82, 2.24) is 0 Å². The third kappa shape index (κ3) is 1.69. The highest BCUT2D eigenvalue weighted by atomic mass is 29.3. The highest BCUT2D eigenvalue weighted by Gasteiger charge is 2.55. The number of allylic oxidation sites excluding steroid dienone is 8. The molecule has 0 saturated carbocycles. The molecule has 0 spiro atoms. The van der Waals surface area contributed by atoms with Gasteiger partial charge in [-0.05, 0) is 11.1 Å². The lowest BCUT2D eigenvalue weighted by Gasteiger charge is -2.52. The fourth-order valence-electron chi connectivity index (χ4n) is 4.36. The van der Waals surface area contributed by atoms with Crippen LogP contribution >= 0.6 is 0 Å². The lowest BCUT2D eigenvalue weighted by Crippen LogP contribution is -2.64. The first-order valence-corrected chi connectivity index (χ1v) is 13.9. The fourth-order valence-corrected chi connectivity index (χ4v) is 22.0. The monoisotopic (exact) mass is 272 g/mol. The maximum Gasteiger partial charge on any atom is 0.0572 e. The molecule has 1 fully saturated rings. The Morgan fingerprint density at radius 1 is 0.667 bits per heavy atom. The van der Waals surface area contributed by atoms with Crippen molar-refractivity contribution in [2.75, 3.05) is 0 Å².